The fourth-order valence-electron chi connectivity index (χ4n) is 3.32. The summed E-state index contributed by atoms with van der Waals surface area (Å²) < 4.78 is 54.8. The molecular weight excluding hydrogens is 342 g/mol. The van der Waals surface area contributed by atoms with Crippen LogP contribution in [0.4, 0.5) is 5.69 Å². The molecular formula is C14H19NO6S2. The van der Waals surface area contributed by atoms with Crippen LogP contribution < -0.4 is 4.90 Å². The van der Waals surface area contributed by atoms with Gasteiger partial charge in [0.15, 0.2) is 9.84 Å². The second-order valence-electron chi connectivity index (χ2n) is 6.22. The summed E-state index contributed by atoms with van der Waals surface area (Å²) in [4.78, 5) is 1.74. The van der Waals surface area contributed by atoms with E-state index in [-0.39, 0.29) is 22.3 Å². The summed E-state index contributed by atoms with van der Waals surface area (Å²) in [6, 6.07) is 4.14. The third-order valence-corrected chi connectivity index (χ3v) is 7.16. The summed E-state index contributed by atoms with van der Waals surface area (Å²) in [7, 11) is -7.27. The zero-order valence-corrected chi connectivity index (χ0v) is 14.1. The lowest BCUT2D eigenvalue weighted by atomic mass is 9.97. The monoisotopic (exact) mass is 361 g/mol. The second-order valence-corrected chi connectivity index (χ2v) is 9.87. The molecule has 0 aliphatic carbocycles. The van der Waals surface area contributed by atoms with E-state index in [1.165, 1.54) is 12.1 Å². The molecule has 9 heteroatoms. The van der Waals surface area contributed by atoms with Crippen molar-refractivity contribution in [3.8, 4) is 0 Å². The fourth-order valence-corrected chi connectivity index (χ4v) is 5.68. The molecule has 23 heavy (non-hydrogen) atoms. The molecule has 2 unspecified atom stereocenters. The zero-order chi connectivity index (χ0) is 16.8. The van der Waals surface area contributed by atoms with Gasteiger partial charge in [-0.3, -0.25) is 4.55 Å². The molecule has 128 valence electrons. The van der Waals surface area contributed by atoms with Crippen molar-refractivity contribution in [1.82, 2.24) is 0 Å². The van der Waals surface area contributed by atoms with Crippen LogP contribution in [0, 0.1) is 5.92 Å². The number of hydrogen-bond acceptors (Lipinski definition) is 6. The average molecular weight is 361 g/mol. The van der Waals surface area contributed by atoms with Gasteiger partial charge in [-0.05, 0) is 37.0 Å². The van der Waals surface area contributed by atoms with Crippen molar-refractivity contribution in [1.29, 1.82) is 0 Å². The van der Waals surface area contributed by atoms with Crippen molar-refractivity contribution in [2.24, 2.45) is 5.92 Å². The number of aliphatic hydroxyl groups excluding tert-OH is 1. The van der Waals surface area contributed by atoms with E-state index in [0.29, 0.717) is 37.2 Å². The van der Waals surface area contributed by atoms with Gasteiger partial charge in [-0.1, -0.05) is 0 Å². The number of benzene rings is 1. The van der Waals surface area contributed by atoms with E-state index in [1.54, 1.807) is 6.07 Å². The van der Waals surface area contributed by atoms with Crippen LogP contribution >= 0.6 is 0 Å². The number of aliphatic hydroxyl groups is 1. The van der Waals surface area contributed by atoms with Gasteiger partial charge in [-0.2, -0.15) is 8.42 Å². The van der Waals surface area contributed by atoms with Crippen LogP contribution in [0.15, 0.2) is 23.1 Å². The Kier molecular flexibility index (Phi) is 4.16. The van der Waals surface area contributed by atoms with Crippen LogP contribution in [-0.2, 0) is 20.0 Å². The first kappa shape index (κ1) is 16.7. The minimum atomic E-state index is -4.32. The van der Waals surface area contributed by atoms with E-state index >= 15 is 0 Å². The maximum atomic E-state index is 11.6. The van der Waals surface area contributed by atoms with Gasteiger partial charge in [-0.25, -0.2) is 8.42 Å². The van der Waals surface area contributed by atoms with Crippen LogP contribution in [0.3, 0.4) is 0 Å². The first-order valence-corrected chi connectivity index (χ1v) is 10.7. The van der Waals surface area contributed by atoms with Crippen LogP contribution in [-0.4, -0.2) is 51.1 Å². The predicted molar refractivity (Wildman–Crippen MR) is 84.8 cm³/mol. The SMILES string of the molecule is O=S1(=O)CCC(CN2CCC(O)c3cc(S(=O)(=O)O)ccc32)C1. The lowest BCUT2D eigenvalue weighted by Crippen LogP contribution is -2.35. The summed E-state index contributed by atoms with van der Waals surface area (Å²) in [5.41, 5.74) is 1.15. The Labute approximate surface area is 135 Å². The molecule has 1 fully saturated rings. The summed E-state index contributed by atoms with van der Waals surface area (Å²) in [6.45, 7) is 1.14. The van der Waals surface area contributed by atoms with E-state index in [9.17, 15) is 21.9 Å². The highest BCUT2D eigenvalue weighted by Crippen LogP contribution is 2.36. The van der Waals surface area contributed by atoms with Gasteiger partial charge in [-0.15, -0.1) is 0 Å². The minimum Gasteiger partial charge on any atom is -0.388 e. The van der Waals surface area contributed by atoms with Crippen LogP contribution in [0.2, 0.25) is 0 Å². The molecule has 1 aromatic carbocycles. The highest BCUT2D eigenvalue weighted by atomic mass is 32.2. The maximum absolute atomic E-state index is 11.6. The number of rotatable bonds is 3. The maximum Gasteiger partial charge on any atom is 0.294 e. The highest BCUT2D eigenvalue weighted by Gasteiger charge is 2.32. The van der Waals surface area contributed by atoms with Gasteiger partial charge in [0.05, 0.1) is 22.5 Å². The van der Waals surface area contributed by atoms with Crippen LogP contribution in [0.25, 0.3) is 0 Å². The number of nitrogens with zero attached hydrogens (tertiary/aromatic N) is 1. The lowest BCUT2D eigenvalue weighted by molar-refractivity contribution is 0.163. The molecule has 2 aliphatic rings. The molecule has 0 bridgehead atoms. The number of hydrogen-bond donors (Lipinski definition) is 2. The Balaban J connectivity index is 1.88. The molecule has 7 nitrogen and oxygen atoms in total. The molecule has 1 aromatic rings. The van der Waals surface area contributed by atoms with Gasteiger partial charge >= 0.3 is 0 Å². The van der Waals surface area contributed by atoms with Gasteiger partial charge in [0.2, 0.25) is 0 Å². The number of sulfone groups is 1. The molecule has 2 aliphatic heterocycles. The largest absolute Gasteiger partial charge is 0.388 e. The van der Waals surface area contributed by atoms with Crippen molar-refractivity contribution in [3.63, 3.8) is 0 Å². The van der Waals surface area contributed by atoms with E-state index in [4.69, 9.17) is 4.55 Å². The van der Waals surface area contributed by atoms with Crippen molar-refractivity contribution >= 4 is 25.6 Å². The third-order valence-electron chi connectivity index (χ3n) is 4.47. The number of anilines is 1. The smallest absolute Gasteiger partial charge is 0.294 e. The van der Waals surface area contributed by atoms with Gasteiger partial charge in [0.1, 0.15) is 0 Å². The summed E-state index contributed by atoms with van der Waals surface area (Å²) in [6.07, 6.45) is 0.261. The van der Waals surface area contributed by atoms with E-state index in [2.05, 4.69) is 0 Å². The molecule has 3 rings (SSSR count). The molecule has 0 amide bonds. The van der Waals surface area contributed by atoms with E-state index in [0.717, 1.165) is 0 Å². The highest BCUT2D eigenvalue weighted by molar-refractivity contribution is 7.91. The first-order valence-electron chi connectivity index (χ1n) is 7.40. The fraction of sp³-hybridized carbons (Fsp3) is 0.571. The Morgan fingerprint density at radius 3 is 2.61 bits per heavy atom. The Hall–Kier alpha value is -1.16. The molecule has 0 radical (unpaired) electrons. The van der Waals surface area contributed by atoms with Crippen LogP contribution in [0.5, 0.6) is 0 Å². The molecule has 2 atom stereocenters. The molecule has 0 aromatic heterocycles. The molecule has 1 saturated heterocycles. The van der Waals surface area contributed by atoms with E-state index < -0.39 is 26.1 Å². The normalized spacial score (nSPS) is 27.0. The second kappa shape index (κ2) is 5.73. The average Bonchev–Trinajstić information content (AvgIpc) is 2.80. The van der Waals surface area contributed by atoms with Crippen molar-refractivity contribution in [2.75, 3.05) is 29.5 Å². The Bertz CT molecular complexity index is 818. The molecule has 2 heterocycles. The van der Waals surface area contributed by atoms with Gasteiger partial charge in [0.25, 0.3) is 10.1 Å². The van der Waals surface area contributed by atoms with Gasteiger partial charge in [0, 0.05) is 24.3 Å². The van der Waals surface area contributed by atoms with Crippen LogP contribution in [0.1, 0.15) is 24.5 Å². The predicted octanol–water partition coefficient (Wildman–Crippen LogP) is 0.612. The van der Waals surface area contributed by atoms with Gasteiger partial charge < -0.3 is 10.0 Å². The van der Waals surface area contributed by atoms with Crippen molar-refractivity contribution in [2.45, 2.75) is 23.8 Å². The van der Waals surface area contributed by atoms with Crippen molar-refractivity contribution < 1.29 is 26.5 Å². The summed E-state index contributed by atoms with van der Waals surface area (Å²) in [5, 5.41) is 10.1. The standard InChI is InChI=1S/C14H19NO6S2/c16-14-3-5-15(8-10-4-6-22(17,18)9-10)13-2-1-11(7-12(13)14)23(19,20)21/h1-2,7,10,14,16H,3-6,8-9H2,(H,19,20,21). The molecule has 0 saturated carbocycles. The summed E-state index contributed by atoms with van der Waals surface area (Å²) >= 11 is 0. The first-order chi connectivity index (χ1) is 10.7. The molecule has 2 N–H and O–H groups in total. The molecule has 0 spiro atoms. The Morgan fingerprint density at radius 1 is 1.26 bits per heavy atom. The topological polar surface area (TPSA) is 112 Å². The minimum absolute atomic E-state index is 0.0457. The lowest BCUT2D eigenvalue weighted by Gasteiger charge is -2.35. The van der Waals surface area contributed by atoms with E-state index in [1.807, 2.05) is 4.90 Å². The zero-order valence-electron chi connectivity index (χ0n) is 12.4. The van der Waals surface area contributed by atoms with Crippen molar-refractivity contribution in [3.05, 3.63) is 23.8 Å². The quantitative estimate of drug-likeness (QED) is 0.759. The number of fused-ring (bicyclic) bond motifs is 1. The summed E-state index contributed by atoms with van der Waals surface area (Å²) in [5.74, 6) is 0.428. The Morgan fingerprint density at radius 2 is 2.00 bits per heavy atom. The third kappa shape index (κ3) is 3.52.